The number of amides is 1. The van der Waals surface area contributed by atoms with Gasteiger partial charge in [0.2, 0.25) is 0 Å². The molecule has 0 saturated carbocycles. The molecular weight excluding hydrogens is 436 g/mol. The topological polar surface area (TPSA) is 92.4 Å². The van der Waals surface area contributed by atoms with Crippen molar-refractivity contribution in [3.05, 3.63) is 65.3 Å². The molecule has 1 aromatic heterocycles. The second-order valence-corrected chi connectivity index (χ2v) is 8.39. The van der Waals surface area contributed by atoms with E-state index in [1.807, 2.05) is 0 Å². The number of benzene rings is 1. The van der Waals surface area contributed by atoms with Gasteiger partial charge in [0.1, 0.15) is 17.3 Å². The van der Waals surface area contributed by atoms with E-state index in [4.69, 9.17) is 13.9 Å². The Morgan fingerprint density at radius 2 is 1.94 bits per heavy atom. The highest BCUT2D eigenvalue weighted by Crippen LogP contribution is 2.42. The quantitative estimate of drug-likeness (QED) is 0.563. The lowest BCUT2D eigenvalue weighted by atomic mass is 9.94. The molecule has 8 nitrogen and oxygen atoms in total. The summed E-state index contributed by atoms with van der Waals surface area (Å²) in [5, 5.41) is 10.8. The SMILES string of the molecule is COc1ccc(OC)c(C2C(C(=O)/C=C/c3ccco3)=C(O)C(=O)N2CCN2CCCCC2)c1. The number of aliphatic hydroxyl groups is 1. The van der Waals surface area contributed by atoms with Crippen LogP contribution in [0.15, 0.2) is 58.4 Å². The average Bonchev–Trinajstić information content (AvgIpc) is 3.48. The van der Waals surface area contributed by atoms with Crippen LogP contribution >= 0.6 is 0 Å². The highest BCUT2D eigenvalue weighted by Gasteiger charge is 2.44. The summed E-state index contributed by atoms with van der Waals surface area (Å²) in [6, 6.07) is 7.84. The van der Waals surface area contributed by atoms with Gasteiger partial charge in [0.25, 0.3) is 5.91 Å². The number of allylic oxidation sites excluding steroid dienone is 1. The Morgan fingerprint density at radius 1 is 1.15 bits per heavy atom. The zero-order chi connectivity index (χ0) is 24.1. The number of rotatable bonds is 9. The molecule has 2 aliphatic heterocycles. The Morgan fingerprint density at radius 3 is 2.62 bits per heavy atom. The fourth-order valence-electron chi connectivity index (χ4n) is 4.58. The minimum absolute atomic E-state index is 0.0120. The number of ether oxygens (including phenoxy) is 2. The number of nitrogens with zero attached hydrogens (tertiary/aromatic N) is 2. The van der Waals surface area contributed by atoms with Gasteiger partial charge in [-0.05, 0) is 68.4 Å². The highest BCUT2D eigenvalue weighted by molar-refractivity contribution is 6.14. The fourth-order valence-corrected chi connectivity index (χ4v) is 4.58. The van der Waals surface area contributed by atoms with Crippen LogP contribution in [0.2, 0.25) is 0 Å². The average molecular weight is 467 g/mol. The van der Waals surface area contributed by atoms with Crippen molar-refractivity contribution in [3.8, 4) is 11.5 Å². The van der Waals surface area contributed by atoms with Crippen LogP contribution in [0.3, 0.4) is 0 Å². The van der Waals surface area contributed by atoms with Crippen LogP contribution in [-0.2, 0) is 9.59 Å². The van der Waals surface area contributed by atoms with Gasteiger partial charge in [-0.1, -0.05) is 6.42 Å². The first kappa shape index (κ1) is 23.6. The predicted octanol–water partition coefficient (Wildman–Crippen LogP) is 3.76. The van der Waals surface area contributed by atoms with E-state index in [9.17, 15) is 14.7 Å². The molecule has 3 heterocycles. The summed E-state index contributed by atoms with van der Waals surface area (Å²) in [5.41, 5.74) is 0.589. The monoisotopic (exact) mass is 466 g/mol. The number of hydrogen-bond donors (Lipinski definition) is 1. The normalized spacial score (nSPS) is 19.3. The van der Waals surface area contributed by atoms with Gasteiger partial charge in [0.15, 0.2) is 11.5 Å². The molecule has 8 heteroatoms. The second-order valence-electron chi connectivity index (χ2n) is 8.39. The molecule has 0 spiro atoms. The minimum atomic E-state index is -0.809. The number of aliphatic hydroxyl groups excluding tert-OH is 1. The third-order valence-corrected chi connectivity index (χ3v) is 6.35. The smallest absolute Gasteiger partial charge is 0.290 e. The van der Waals surface area contributed by atoms with Crippen molar-refractivity contribution in [1.82, 2.24) is 9.80 Å². The number of carbonyl (C=O) groups is 2. The maximum atomic E-state index is 13.3. The summed E-state index contributed by atoms with van der Waals surface area (Å²) in [6.45, 7) is 2.98. The molecular formula is C26H30N2O6. The van der Waals surface area contributed by atoms with Crippen molar-refractivity contribution in [2.24, 2.45) is 0 Å². The van der Waals surface area contributed by atoms with Crippen LogP contribution in [-0.4, -0.2) is 67.0 Å². The summed E-state index contributed by atoms with van der Waals surface area (Å²) in [4.78, 5) is 30.3. The molecule has 0 radical (unpaired) electrons. The van der Waals surface area contributed by atoms with Crippen molar-refractivity contribution in [2.75, 3.05) is 40.4 Å². The Labute approximate surface area is 199 Å². The van der Waals surface area contributed by atoms with Gasteiger partial charge < -0.3 is 28.8 Å². The molecule has 1 N–H and O–H groups in total. The molecule has 1 atom stereocenters. The van der Waals surface area contributed by atoms with E-state index in [1.54, 1.807) is 42.3 Å². The molecule has 1 fully saturated rings. The van der Waals surface area contributed by atoms with Crippen molar-refractivity contribution < 1.29 is 28.6 Å². The zero-order valence-electron chi connectivity index (χ0n) is 19.5. The van der Waals surface area contributed by atoms with Crippen LogP contribution in [0, 0.1) is 0 Å². The summed E-state index contributed by atoms with van der Waals surface area (Å²) in [5.74, 6) is -0.0304. The van der Waals surface area contributed by atoms with E-state index in [0.717, 1.165) is 25.9 Å². The van der Waals surface area contributed by atoms with Crippen LogP contribution in [0.5, 0.6) is 11.5 Å². The Hall–Kier alpha value is -3.52. The highest BCUT2D eigenvalue weighted by atomic mass is 16.5. The van der Waals surface area contributed by atoms with E-state index in [0.29, 0.717) is 35.9 Å². The summed E-state index contributed by atoms with van der Waals surface area (Å²) in [7, 11) is 3.08. The van der Waals surface area contributed by atoms with Gasteiger partial charge >= 0.3 is 0 Å². The fraction of sp³-hybridized carbons (Fsp3) is 0.385. The van der Waals surface area contributed by atoms with E-state index in [2.05, 4.69) is 4.90 Å². The number of piperidine rings is 1. The molecule has 4 rings (SSSR count). The maximum Gasteiger partial charge on any atom is 0.290 e. The van der Waals surface area contributed by atoms with Crippen LogP contribution in [0.4, 0.5) is 0 Å². The molecule has 34 heavy (non-hydrogen) atoms. The first-order valence-electron chi connectivity index (χ1n) is 11.5. The molecule has 1 amide bonds. The first-order chi connectivity index (χ1) is 16.5. The van der Waals surface area contributed by atoms with Crippen molar-refractivity contribution in [3.63, 3.8) is 0 Å². The molecule has 2 aromatic rings. The first-order valence-corrected chi connectivity index (χ1v) is 11.5. The van der Waals surface area contributed by atoms with Crippen molar-refractivity contribution >= 4 is 17.8 Å². The van der Waals surface area contributed by atoms with E-state index < -0.39 is 23.5 Å². The third-order valence-electron chi connectivity index (χ3n) is 6.35. The van der Waals surface area contributed by atoms with Gasteiger partial charge in [0.05, 0.1) is 32.1 Å². The van der Waals surface area contributed by atoms with E-state index >= 15 is 0 Å². The van der Waals surface area contributed by atoms with Crippen LogP contribution in [0.25, 0.3) is 6.08 Å². The third kappa shape index (κ3) is 4.87. The second kappa shape index (κ2) is 10.6. The molecule has 0 aliphatic carbocycles. The number of furan rings is 1. The summed E-state index contributed by atoms with van der Waals surface area (Å²) in [6.07, 6.45) is 7.81. The number of ketones is 1. The maximum absolute atomic E-state index is 13.3. The van der Waals surface area contributed by atoms with Crippen molar-refractivity contribution in [1.29, 1.82) is 0 Å². The molecule has 1 aromatic carbocycles. The molecule has 1 unspecified atom stereocenters. The summed E-state index contributed by atoms with van der Waals surface area (Å²) >= 11 is 0. The molecule has 1 saturated heterocycles. The van der Waals surface area contributed by atoms with E-state index in [-0.39, 0.29) is 5.57 Å². The van der Waals surface area contributed by atoms with Crippen molar-refractivity contribution in [2.45, 2.75) is 25.3 Å². The summed E-state index contributed by atoms with van der Waals surface area (Å²) < 4.78 is 16.2. The van der Waals surface area contributed by atoms with Crippen LogP contribution < -0.4 is 9.47 Å². The van der Waals surface area contributed by atoms with E-state index in [1.165, 1.54) is 31.9 Å². The van der Waals surface area contributed by atoms with Gasteiger partial charge in [0, 0.05) is 18.7 Å². The van der Waals surface area contributed by atoms with Crippen LogP contribution in [0.1, 0.15) is 36.6 Å². The van der Waals surface area contributed by atoms with Gasteiger partial charge in [-0.15, -0.1) is 0 Å². The molecule has 180 valence electrons. The lowest BCUT2D eigenvalue weighted by molar-refractivity contribution is -0.129. The van der Waals surface area contributed by atoms with Gasteiger partial charge in [-0.2, -0.15) is 0 Å². The Bertz CT molecular complexity index is 1080. The number of likely N-dealkylation sites (tertiary alicyclic amines) is 1. The number of carbonyl (C=O) groups excluding carboxylic acids is 2. The number of methoxy groups -OCH3 is 2. The van der Waals surface area contributed by atoms with Gasteiger partial charge in [-0.25, -0.2) is 0 Å². The van der Waals surface area contributed by atoms with Gasteiger partial charge in [-0.3, -0.25) is 9.59 Å². The molecule has 0 bridgehead atoms. The number of hydrogen-bond acceptors (Lipinski definition) is 7. The minimum Gasteiger partial charge on any atom is -0.503 e. The Balaban J connectivity index is 1.70. The predicted molar refractivity (Wildman–Crippen MR) is 127 cm³/mol. The Kier molecular flexibility index (Phi) is 7.37. The largest absolute Gasteiger partial charge is 0.503 e. The standard InChI is InChI=1S/C26H30N2O6/c1-32-19-9-11-22(33-2)20(17-19)24-23(21(29)10-8-18-7-6-16-34-18)25(30)26(31)28(24)15-14-27-12-4-3-5-13-27/h6-11,16-17,24,30H,3-5,12-15H2,1-2H3/b10-8+. The lowest BCUT2D eigenvalue weighted by Gasteiger charge is -2.32. The zero-order valence-corrected chi connectivity index (χ0v) is 19.5. The lowest BCUT2D eigenvalue weighted by Crippen LogP contribution is -2.40. The molecule has 2 aliphatic rings.